The third-order valence-electron chi connectivity index (χ3n) is 6.17. The molecule has 1 heterocycles. The van der Waals surface area contributed by atoms with Gasteiger partial charge in [0.25, 0.3) is 0 Å². The van der Waals surface area contributed by atoms with Gasteiger partial charge >= 0.3 is 0 Å². The molecule has 2 aliphatic rings. The first-order valence-corrected chi connectivity index (χ1v) is 10.4. The molecule has 27 heavy (non-hydrogen) atoms. The second kappa shape index (κ2) is 9.56. The molecule has 5 nitrogen and oxygen atoms in total. The van der Waals surface area contributed by atoms with Crippen LogP contribution in [0.15, 0.2) is 18.2 Å². The van der Waals surface area contributed by atoms with Gasteiger partial charge in [-0.3, -0.25) is 4.79 Å². The van der Waals surface area contributed by atoms with Gasteiger partial charge in [0.05, 0.1) is 6.61 Å². The zero-order valence-corrected chi connectivity index (χ0v) is 16.6. The summed E-state index contributed by atoms with van der Waals surface area (Å²) in [5.41, 5.74) is 7.90. The average Bonchev–Trinajstić information content (AvgIpc) is 2.70. The largest absolute Gasteiger partial charge is 0.493 e. The van der Waals surface area contributed by atoms with E-state index in [2.05, 4.69) is 5.32 Å². The Labute approximate surface area is 163 Å². The Kier molecular flexibility index (Phi) is 7.13. The second-order valence-electron chi connectivity index (χ2n) is 8.34. The Morgan fingerprint density at radius 2 is 2.00 bits per heavy atom. The van der Waals surface area contributed by atoms with Crippen molar-refractivity contribution in [3.8, 4) is 5.75 Å². The van der Waals surface area contributed by atoms with E-state index in [1.54, 1.807) is 0 Å². The molecule has 1 aliphatic heterocycles. The van der Waals surface area contributed by atoms with Crippen molar-refractivity contribution in [1.29, 1.82) is 0 Å². The van der Waals surface area contributed by atoms with E-state index in [1.807, 2.05) is 25.1 Å². The van der Waals surface area contributed by atoms with Gasteiger partial charge in [0.15, 0.2) is 0 Å². The minimum Gasteiger partial charge on any atom is -0.493 e. The lowest BCUT2D eigenvalue weighted by atomic mass is 9.71. The van der Waals surface area contributed by atoms with Crippen LogP contribution in [0.3, 0.4) is 0 Å². The maximum absolute atomic E-state index is 12.6. The van der Waals surface area contributed by atoms with Crippen LogP contribution in [0, 0.1) is 18.3 Å². The van der Waals surface area contributed by atoms with Gasteiger partial charge in [-0.1, -0.05) is 25.3 Å². The normalized spacial score (nSPS) is 20.2. The molecular formula is C22H34N2O3. The van der Waals surface area contributed by atoms with E-state index in [0.717, 1.165) is 55.9 Å². The van der Waals surface area contributed by atoms with Crippen molar-refractivity contribution < 1.29 is 14.3 Å². The van der Waals surface area contributed by atoms with E-state index < -0.39 is 0 Å². The van der Waals surface area contributed by atoms with Gasteiger partial charge < -0.3 is 20.5 Å². The summed E-state index contributed by atoms with van der Waals surface area (Å²) >= 11 is 0. The van der Waals surface area contributed by atoms with Crippen molar-refractivity contribution in [3.05, 3.63) is 23.8 Å². The van der Waals surface area contributed by atoms with Crippen LogP contribution in [0.2, 0.25) is 0 Å². The van der Waals surface area contributed by atoms with Gasteiger partial charge in [-0.15, -0.1) is 0 Å². The van der Waals surface area contributed by atoms with Crippen LogP contribution in [-0.2, 0) is 9.53 Å². The third-order valence-corrected chi connectivity index (χ3v) is 6.17. The van der Waals surface area contributed by atoms with Gasteiger partial charge in [0.1, 0.15) is 5.75 Å². The Hall–Kier alpha value is -1.59. The molecule has 0 unspecified atom stereocenters. The van der Waals surface area contributed by atoms with E-state index in [-0.39, 0.29) is 11.3 Å². The highest BCUT2D eigenvalue weighted by Gasteiger charge is 2.33. The van der Waals surface area contributed by atoms with Crippen LogP contribution in [0.25, 0.3) is 0 Å². The third kappa shape index (κ3) is 5.69. The number of nitrogens with one attached hydrogen (secondary N) is 1. The van der Waals surface area contributed by atoms with Crippen molar-refractivity contribution >= 4 is 11.6 Å². The summed E-state index contributed by atoms with van der Waals surface area (Å²) in [5.74, 6) is 1.46. The number of benzene rings is 1. The van der Waals surface area contributed by atoms with Crippen LogP contribution in [0.5, 0.6) is 5.75 Å². The Morgan fingerprint density at radius 3 is 2.70 bits per heavy atom. The molecule has 1 saturated carbocycles. The minimum absolute atomic E-state index is 0.0184. The lowest BCUT2D eigenvalue weighted by Crippen LogP contribution is -2.36. The number of amides is 1. The number of ether oxygens (including phenoxy) is 2. The molecule has 0 atom stereocenters. The summed E-state index contributed by atoms with van der Waals surface area (Å²) in [6.07, 6.45) is 8.35. The minimum atomic E-state index is -0.0184. The smallest absolute Gasteiger partial charge is 0.224 e. The molecule has 1 saturated heterocycles. The number of hydrogen-bond acceptors (Lipinski definition) is 4. The molecule has 0 spiro atoms. The molecule has 1 amide bonds. The highest BCUT2D eigenvalue weighted by molar-refractivity contribution is 5.91. The molecule has 2 fully saturated rings. The Balaban J connectivity index is 1.56. The molecule has 1 aliphatic carbocycles. The van der Waals surface area contributed by atoms with E-state index in [4.69, 9.17) is 15.2 Å². The van der Waals surface area contributed by atoms with Gasteiger partial charge in [-0.05, 0) is 62.1 Å². The summed E-state index contributed by atoms with van der Waals surface area (Å²) in [5, 5.41) is 3.06. The first-order valence-electron chi connectivity index (χ1n) is 10.4. The quantitative estimate of drug-likeness (QED) is 0.755. The number of carbonyl (C=O) groups is 1. The van der Waals surface area contributed by atoms with Crippen molar-refractivity contribution in [1.82, 2.24) is 0 Å². The number of anilines is 1. The maximum Gasteiger partial charge on any atom is 0.224 e. The second-order valence-corrected chi connectivity index (χ2v) is 8.34. The van der Waals surface area contributed by atoms with Crippen molar-refractivity contribution in [3.63, 3.8) is 0 Å². The molecule has 5 heteroatoms. The predicted molar refractivity (Wildman–Crippen MR) is 108 cm³/mol. The highest BCUT2D eigenvalue weighted by Crippen LogP contribution is 2.38. The molecule has 1 aromatic rings. The lowest BCUT2D eigenvalue weighted by molar-refractivity contribution is -0.118. The van der Waals surface area contributed by atoms with Crippen LogP contribution < -0.4 is 15.8 Å². The maximum atomic E-state index is 12.6. The van der Waals surface area contributed by atoms with Gasteiger partial charge in [-0.2, -0.15) is 0 Å². The van der Waals surface area contributed by atoms with Gasteiger partial charge in [-0.25, -0.2) is 0 Å². The van der Waals surface area contributed by atoms with Crippen LogP contribution in [-0.4, -0.2) is 32.3 Å². The SMILES string of the molecule is Cc1ccc(NC(=O)CC2(CN)CCCCC2)cc1OCC1CCOCC1. The lowest BCUT2D eigenvalue weighted by Gasteiger charge is -2.35. The van der Waals surface area contributed by atoms with Crippen LogP contribution in [0.4, 0.5) is 5.69 Å². The van der Waals surface area contributed by atoms with E-state index in [9.17, 15) is 4.79 Å². The summed E-state index contributed by atoms with van der Waals surface area (Å²) < 4.78 is 11.5. The number of aryl methyl sites for hydroxylation is 1. The number of rotatable bonds is 7. The van der Waals surface area contributed by atoms with Crippen molar-refractivity contribution in [2.24, 2.45) is 17.1 Å². The van der Waals surface area contributed by atoms with E-state index in [1.165, 1.54) is 19.3 Å². The Bertz CT molecular complexity index is 620. The number of hydrogen-bond donors (Lipinski definition) is 2. The first-order chi connectivity index (χ1) is 13.1. The molecule has 0 radical (unpaired) electrons. The molecule has 150 valence electrons. The van der Waals surface area contributed by atoms with Crippen LogP contribution in [0.1, 0.15) is 56.9 Å². The topological polar surface area (TPSA) is 73.6 Å². The molecule has 1 aromatic carbocycles. The van der Waals surface area contributed by atoms with Gasteiger partial charge in [0.2, 0.25) is 5.91 Å². The molecule has 0 aromatic heterocycles. The fourth-order valence-corrected chi connectivity index (χ4v) is 4.25. The predicted octanol–water partition coefficient (Wildman–Crippen LogP) is 4.04. The zero-order chi connectivity index (χ0) is 19.1. The summed E-state index contributed by atoms with van der Waals surface area (Å²) in [4.78, 5) is 12.6. The standard InChI is InChI=1S/C22H34N2O3/c1-17-5-6-19(13-20(17)27-15-18-7-11-26-12-8-18)24-21(25)14-22(16-23)9-3-2-4-10-22/h5-6,13,18H,2-4,7-12,14-16,23H2,1H3,(H,24,25). The molecule has 3 rings (SSSR count). The monoisotopic (exact) mass is 374 g/mol. The van der Waals surface area contributed by atoms with Gasteiger partial charge in [0, 0.05) is 31.4 Å². The molecule has 3 N–H and O–H groups in total. The average molecular weight is 375 g/mol. The van der Waals surface area contributed by atoms with Crippen molar-refractivity contribution in [2.45, 2.75) is 58.3 Å². The number of nitrogens with two attached hydrogens (primary N) is 1. The fraction of sp³-hybridized carbons (Fsp3) is 0.682. The molecule has 0 bridgehead atoms. The number of carbonyl (C=O) groups excluding carboxylic acids is 1. The van der Waals surface area contributed by atoms with Crippen molar-refractivity contribution in [2.75, 3.05) is 31.7 Å². The zero-order valence-electron chi connectivity index (χ0n) is 16.6. The van der Waals surface area contributed by atoms with Crippen LogP contribution >= 0.6 is 0 Å². The highest BCUT2D eigenvalue weighted by atomic mass is 16.5. The summed E-state index contributed by atoms with van der Waals surface area (Å²) in [6.45, 7) is 4.99. The molecular weight excluding hydrogens is 340 g/mol. The van der Waals surface area contributed by atoms with E-state index >= 15 is 0 Å². The Morgan fingerprint density at radius 1 is 1.26 bits per heavy atom. The fourth-order valence-electron chi connectivity index (χ4n) is 4.25. The first kappa shape index (κ1) is 20.2. The summed E-state index contributed by atoms with van der Waals surface area (Å²) in [7, 11) is 0. The van der Waals surface area contributed by atoms with E-state index in [0.29, 0.717) is 25.5 Å². The summed E-state index contributed by atoms with van der Waals surface area (Å²) in [6, 6.07) is 5.90.